The molecule has 0 aliphatic carbocycles. The molecule has 0 N–H and O–H groups in total. The van der Waals surface area contributed by atoms with Crippen molar-refractivity contribution in [1.82, 2.24) is 4.90 Å². The number of carbonyl (C=O) groups is 1. The summed E-state index contributed by atoms with van der Waals surface area (Å²) in [6, 6.07) is 7.66. The fourth-order valence-corrected chi connectivity index (χ4v) is 2.78. The van der Waals surface area contributed by atoms with Crippen molar-refractivity contribution >= 4 is 11.6 Å². The van der Waals surface area contributed by atoms with E-state index in [1.54, 1.807) is 9.80 Å². The SMILES string of the molecule is O=C(CN1CC(C(F)(F)F)C1)N1CCc2ccccc21. The highest BCUT2D eigenvalue weighted by atomic mass is 19.4. The Hall–Kier alpha value is -1.56. The molecule has 1 fully saturated rings. The number of amides is 1. The molecular weight excluding hydrogens is 269 g/mol. The fourth-order valence-electron chi connectivity index (χ4n) is 2.78. The van der Waals surface area contributed by atoms with Crippen LogP contribution in [0.4, 0.5) is 18.9 Å². The number of halogens is 3. The summed E-state index contributed by atoms with van der Waals surface area (Å²) in [5.74, 6) is -1.39. The number of anilines is 1. The molecule has 2 heterocycles. The monoisotopic (exact) mass is 284 g/mol. The number of carbonyl (C=O) groups excluding carboxylic acids is 1. The van der Waals surface area contributed by atoms with Gasteiger partial charge in [0.15, 0.2) is 0 Å². The third-order valence-corrected chi connectivity index (χ3v) is 3.97. The van der Waals surface area contributed by atoms with Crippen molar-refractivity contribution in [2.45, 2.75) is 12.6 Å². The Morgan fingerprint density at radius 3 is 2.65 bits per heavy atom. The molecule has 3 nitrogen and oxygen atoms in total. The molecule has 2 aliphatic heterocycles. The van der Waals surface area contributed by atoms with Gasteiger partial charge in [-0.05, 0) is 18.1 Å². The Balaban J connectivity index is 1.57. The summed E-state index contributed by atoms with van der Waals surface area (Å²) >= 11 is 0. The molecule has 3 rings (SSSR count). The second kappa shape index (κ2) is 4.77. The zero-order valence-electron chi connectivity index (χ0n) is 10.9. The number of alkyl halides is 3. The molecule has 1 saturated heterocycles. The molecule has 0 saturated carbocycles. The Morgan fingerprint density at radius 2 is 1.95 bits per heavy atom. The summed E-state index contributed by atoms with van der Waals surface area (Å²) in [5.41, 5.74) is 2.02. The first kappa shape index (κ1) is 13.4. The van der Waals surface area contributed by atoms with E-state index >= 15 is 0 Å². The molecule has 108 valence electrons. The van der Waals surface area contributed by atoms with E-state index in [9.17, 15) is 18.0 Å². The van der Waals surface area contributed by atoms with Crippen LogP contribution in [0, 0.1) is 5.92 Å². The number of likely N-dealkylation sites (tertiary alicyclic amines) is 1. The standard InChI is InChI=1S/C14H15F3N2O/c15-14(16,17)11-7-18(8-11)9-13(20)19-6-5-10-3-1-2-4-12(10)19/h1-4,11H,5-9H2. The Morgan fingerprint density at radius 1 is 1.25 bits per heavy atom. The Labute approximate surface area is 115 Å². The van der Waals surface area contributed by atoms with Gasteiger partial charge in [-0.25, -0.2) is 0 Å². The van der Waals surface area contributed by atoms with Crippen LogP contribution in [0.25, 0.3) is 0 Å². The molecule has 20 heavy (non-hydrogen) atoms. The number of hydrogen-bond donors (Lipinski definition) is 0. The topological polar surface area (TPSA) is 23.6 Å². The Bertz CT molecular complexity index is 523. The van der Waals surface area contributed by atoms with E-state index in [1.807, 2.05) is 24.3 Å². The van der Waals surface area contributed by atoms with E-state index < -0.39 is 12.1 Å². The van der Waals surface area contributed by atoms with Crippen LogP contribution in [-0.4, -0.2) is 43.2 Å². The van der Waals surface area contributed by atoms with Crippen LogP contribution in [0.15, 0.2) is 24.3 Å². The molecule has 1 aromatic rings. The van der Waals surface area contributed by atoms with Gasteiger partial charge < -0.3 is 4.90 Å². The molecule has 0 radical (unpaired) electrons. The molecule has 2 aliphatic rings. The van der Waals surface area contributed by atoms with Gasteiger partial charge >= 0.3 is 6.18 Å². The maximum Gasteiger partial charge on any atom is 0.394 e. The van der Waals surface area contributed by atoms with E-state index in [1.165, 1.54) is 0 Å². The minimum absolute atomic E-state index is 0.0648. The average molecular weight is 284 g/mol. The summed E-state index contributed by atoms with van der Waals surface area (Å²) in [6.07, 6.45) is -3.33. The van der Waals surface area contributed by atoms with Crippen LogP contribution >= 0.6 is 0 Å². The van der Waals surface area contributed by atoms with Gasteiger partial charge in [-0.1, -0.05) is 18.2 Å². The quantitative estimate of drug-likeness (QED) is 0.830. The predicted octanol–water partition coefficient (Wildman–Crippen LogP) is 2.07. The van der Waals surface area contributed by atoms with Crippen LogP contribution in [0.3, 0.4) is 0 Å². The van der Waals surface area contributed by atoms with Gasteiger partial charge in [0.1, 0.15) is 0 Å². The van der Waals surface area contributed by atoms with Crippen molar-refractivity contribution in [3.63, 3.8) is 0 Å². The van der Waals surface area contributed by atoms with Gasteiger partial charge in [0.25, 0.3) is 0 Å². The van der Waals surface area contributed by atoms with E-state index in [0.717, 1.165) is 17.7 Å². The zero-order chi connectivity index (χ0) is 14.3. The van der Waals surface area contributed by atoms with Crippen LogP contribution in [0.5, 0.6) is 0 Å². The number of benzene rings is 1. The van der Waals surface area contributed by atoms with Gasteiger partial charge in [-0.3, -0.25) is 9.69 Å². The largest absolute Gasteiger partial charge is 0.394 e. The van der Waals surface area contributed by atoms with E-state index in [4.69, 9.17) is 0 Å². The van der Waals surface area contributed by atoms with Crippen LogP contribution in [0.2, 0.25) is 0 Å². The zero-order valence-corrected chi connectivity index (χ0v) is 10.9. The highest BCUT2D eigenvalue weighted by Gasteiger charge is 2.47. The molecule has 6 heteroatoms. The fraction of sp³-hybridized carbons (Fsp3) is 0.500. The van der Waals surface area contributed by atoms with Crippen LogP contribution in [-0.2, 0) is 11.2 Å². The highest BCUT2D eigenvalue weighted by molar-refractivity contribution is 5.96. The van der Waals surface area contributed by atoms with Gasteiger partial charge in [0.05, 0.1) is 12.5 Å². The summed E-state index contributed by atoms with van der Waals surface area (Å²) in [6.45, 7) is 0.561. The second-order valence-electron chi connectivity index (χ2n) is 5.36. The number of nitrogens with zero attached hydrogens (tertiary/aromatic N) is 2. The van der Waals surface area contributed by atoms with Gasteiger partial charge in [0, 0.05) is 25.3 Å². The number of hydrogen-bond acceptors (Lipinski definition) is 2. The first-order valence-corrected chi connectivity index (χ1v) is 6.62. The van der Waals surface area contributed by atoms with Crippen molar-refractivity contribution in [3.8, 4) is 0 Å². The molecule has 0 spiro atoms. The van der Waals surface area contributed by atoms with Gasteiger partial charge in [0.2, 0.25) is 5.91 Å². The first-order valence-electron chi connectivity index (χ1n) is 6.62. The van der Waals surface area contributed by atoms with Crippen molar-refractivity contribution < 1.29 is 18.0 Å². The number of rotatable bonds is 2. The summed E-state index contributed by atoms with van der Waals surface area (Å²) in [7, 11) is 0. The van der Waals surface area contributed by atoms with Crippen LogP contribution in [0.1, 0.15) is 5.56 Å². The van der Waals surface area contributed by atoms with Crippen molar-refractivity contribution in [3.05, 3.63) is 29.8 Å². The normalized spacial score (nSPS) is 19.9. The van der Waals surface area contributed by atoms with Gasteiger partial charge in [-0.2, -0.15) is 13.2 Å². The second-order valence-corrected chi connectivity index (χ2v) is 5.36. The summed E-state index contributed by atoms with van der Waals surface area (Å²) < 4.78 is 37.2. The third kappa shape index (κ3) is 2.40. The molecule has 1 amide bonds. The lowest BCUT2D eigenvalue weighted by molar-refractivity contribution is -0.209. The summed E-state index contributed by atoms with van der Waals surface area (Å²) in [5, 5.41) is 0. The van der Waals surface area contributed by atoms with Crippen LogP contribution < -0.4 is 4.90 Å². The maximum absolute atomic E-state index is 12.4. The predicted molar refractivity (Wildman–Crippen MR) is 68.5 cm³/mol. The smallest absolute Gasteiger partial charge is 0.311 e. The number of para-hydroxylation sites is 1. The lowest BCUT2D eigenvalue weighted by Gasteiger charge is -2.40. The van der Waals surface area contributed by atoms with E-state index in [2.05, 4.69) is 0 Å². The number of fused-ring (bicyclic) bond motifs is 1. The Kier molecular flexibility index (Phi) is 3.20. The molecule has 0 bridgehead atoms. The van der Waals surface area contributed by atoms with E-state index in [0.29, 0.717) is 6.54 Å². The van der Waals surface area contributed by atoms with Gasteiger partial charge in [-0.15, -0.1) is 0 Å². The minimum Gasteiger partial charge on any atom is -0.311 e. The molecule has 0 aromatic heterocycles. The highest BCUT2D eigenvalue weighted by Crippen LogP contribution is 2.34. The lowest BCUT2D eigenvalue weighted by Crippen LogP contribution is -2.56. The lowest BCUT2D eigenvalue weighted by atomic mass is 10.00. The molecule has 0 unspecified atom stereocenters. The molecule has 0 atom stereocenters. The average Bonchev–Trinajstić information content (AvgIpc) is 2.75. The van der Waals surface area contributed by atoms with Crippen molar-refractivity contribution in [2.24, 2.45) is 5.92 Å². The van der Waals surface area contributed by atoms with Crippen molar-refractivity contribution in [2.75, 3.05) is 31.1 Å². The molecule has 1 aromatic carbocycles. The van der Waals surface area contributed by atoms with E-state index in [-0.39, 0.29) is 25.5 Å². The maximum atomic E-state index is 12.4. The first-order chi connectivity index (χ1) is 9.45. The molecular formula is C14H15F3N2O. The van der Waals surface area contributed by atoms with Crippen molar-refractivity contribution in [1.29, 1.82) is 0 Å². The summed E-state index contributed by atoms with van der Waals surface area (Å²) in [4.78, 5) is 15.4. The minimum atomic E-state index is -4.14. The third-order valence-electron chi connectivity index (χ3n) is 3.97.